The number of hydrogen-bond acceptors (Lipinski definition) is 3. The molecule has 1 aromatic carbocycles. The SMILES string of the molecule is O=C(NNc1cccc2ncccc12)C(C1CCCCC1)C1CCCCC1. The highest BCUT2D eigenvalue weighted by atomic mass is 16.2. The molecule has 1 aromatic heterocycles. The number of anilines is 1. The highest BCUT2D eigenvalue weighted by Crippen LogP contribution is 2.40. The Morgan fingerprint density at radius 1 is 0.889 bits per heavy atom. The van der Waals surface area contributed by atoms with Crippen molar-refractivity contribution in [2.75, 3.05) is 5.43 Å². The molecular formula is C23H31N3O. The lowest BCUT2D eigenvalue weighted by Crippen LogP contribution is -2.43. The van der Waals surface area contributed by atoms with Gasteiger partial charge in [-0.3, -0.25) is 20.6 Å². The molecule has 0 radical (unpaired) electrons. The number of amides is 1. The second-order valence-corrected chi connectivity index (χ2v) is 8.31. The number of nitrogens with zero attached hydrogens (tertiary/aromatic N) is 1. The molecule has 2 fully saturated rings. The van der Waals surface area contributed by atoms with E-state index in [1.54, 1.807) is 6.20 Å². The summed E-state index contributed by atoms with van der Waals surface area (Å²) in [6, 6.07) is 9.94. The first-order chi connectivity index (χ1) is 13.3. The molecule has 1 amide bonds. The minimum Gasteiger partial charge on any atom is -0.298 e. The van der Waals surface area contributed by atoms with Gasteiger partial charge < -0.3 is 0 Å². The number of pyridine rings is 1. The smallest absolute Gasteiger partial charge is 0.241 e. The fourth-order valence-corrected chi connectivity index (χ4v) is 5.22. The van der Waals surface area contributed by atoms with Crippen LogP contribution in [-0.2, 0) is 4.79 Å². The van der Waals surface area contributed by atoms with Crippen molar-refractivity contribution in [1.29, 1.82) is 0 Å². The lowest BCUT2D eigenvalue weighted by atomic mass is 9.69. The molecule has 2 aromatic rings. The van der Waals surface area contributed by atoms with Gasteiger partial charge in [0, 0.05) is 17.5 Å². The molecule has 2 N–H and O–H groups in total. The number of carbonyl (C=O) groups is 1. The maximum Gasteiger partial charge on any atom is 0.241 e. The lowest BCUT2D eigenvalue weighted by Gasteiger charge is -2.36. The van der Waals surface area contributed by atoms with E-state index in [0.29, 0.717) is 11.8 Å². The predicted octanol–water partition coefficient (Wildman–Crippen LogP) is 5.45. The second kappa shape index (κ2) is 8.73. The van der Waals surface area contributed by atoms with E-state index in [0.717, 1.165) is 16.6 Å². The zero-order chi connectivity index (χ0) is 18.5. The van der Waals surface area contributed by atoms with Crippen molar-refractivity contribution >= 4 is 22.5 Å². The molecule has 2 saturated carbocycles. The summed E-state index contributed by atoms with van der Waals surface area (Å²) in [6.45, 7) is 0. The van der Waals surface area contributed by atoms with Crippen LogP contribution in [0.3, 0.4) is 0 Å². The second-order valence-electron chi connectivity index (χ2n) is 8.31. The summed E-state index contributed by atoms with van der Waals surface area (Å²) < 4.78 is 0. The van der Waals surface area contributed by atoms with E-state index in [2.05, 4.69) is 15.8 Å². The third kappa shape index (κ3) is 4.26. The summed E-state index contributed by atoms with van der Waals surface area (Å²) in [6.07, 6.45) is 14.4. The number of benzene rings is 1. The van der Waals surface area contributed by atoms with Crippen LogP contribution in [0, 0.1) is 17.8 Å². The molecule has 27 heavy (non-hydrogen) atoms. The van der Waals surface area contributed by atoms with Crippen LogP contribution in [0.4, 0.5) is 5.69 Å². The zero-order valence-corrected chi connectivity index (χ0v) is 16.1. The predicted molar refractivity (Wildman–Crippen MR) is 110 cm³/mol. The van der Waals surface area contributed by atoms with Gasteiger partial charge in [-0.1, -0.05) is 44.6 Å². The molecule has 4 nitrogen and oxygen atoms in total. The Balaban J connectivity index is 1.48. The molecule has 0 atom stereocenters. The van der Waals surface area contributed by atoms with Crippen LogP contribution in [0.1, 0.15) is 64.2 Å². The standard InChI is InChI=1S/C23H31N3O/c27-23(26-25-21-15-7-14-20-19(21)13-8-16-24-20)22(17-9-3-1-4-10-17)18-11-5-2-6-12-18/h7-8,13-18,22,25H,1-6,9-12H2,(H,26,27). The molecule has 4 rings (SSSR count). The van der Waals surface area contributed by atoms with Crippen LogP contribution in [0.15, 0.2) is 36.5 Å². The number of hydrogen-bond donors (Lipinski definition) is 2. The first kappa shape index (κ1) is 18.3. The van der Waals surface area contributed by atoms with Gasteiger partial charge in [0.25, 0.3) is 0 Å². The zero-order valence-electron chi connectivity index (χ0n) is 16.1. The molecule has 2 aliphatic rings. The van der Waals surface area contributed by atoms with Gasteiger partial charge in [0.2, 0.25) is 5.91 Å². The molecule has 0 unspecified atom stereocenters. The Hall–Kier alpha value is -2.10. The van der Waals surface area contributed by atoms with Crippen LogP contribution in [0.5, 0.6) is 0 Å². The fraction of sp³-hybridized carbons (Fsp3) is 0.565. The Labute approximate surface area is 162 Å². The van der Waals surface area contributed by atoms with Crippen LogP contribution >= 0.6 is 0 Å². The summed E-state index contributed by atoms with van der Waals surface area (Å²) in [5.74, 6) is 1.46. The number of fused-ring (bicyclic) bond motifs is 1. The first-order valence-corrected chi connectivity index (χ1v) is 10.7. The normalized spacial score (nSPS) is 19.3. The van der Waals surface area contributed by atoms with Crippen LogP contribution < -0.4 is 10.9 Å². The molecular weight excluding hydrogens is 334 g/mol. The number of hydrazine groups is 1. The lowest BCUT2D eigenvalue weighted by molar-refractivity contribution is -0.129. The fourth-order valence-electron chi connectivity index (χ4n) is 5.22. The molecule has 0 aliphatic heterocycles. The largest absolute Gasteiger partial charge is 0.298 e. The van der Waals surface area contributed by atoms with E-state index >= 15 is 0 Å². The van der Waals surface area contributed by atoms with Gasteiger partial charge in [-0.15, -0.1) is 0 Å². The van der Waals surface area contributed by atoms with E-state index in [-0.39, 0.29) is 11.8 Å². The summed E-state index contributed by atoms with van der Waals surface area (Å²) in [7, 11) is 0. The summed E-state index contributed by atoms with van der Waals surface area (Å²) in [5, 5.41) is 1.03. The Morgan fingerprint density at radius 2 is 1.56 bits per heavy atom. The summed E-state index contributed by atoms with van der Waals surface area (Å²) >= 11 is 0. The average Bonchev–Trinajstić information content (AvgIpc) is 2.74. The van der Waals surface area contributed by atoms with E-state index in [4.69, 9.17) is 0 Å². The highest BCUT2D eigenvalue weighted by Gasteiger charge is 2.36. The number of rotatable bonds is 5. The van der Waals surface area contributed by atoms with E-state index in [9.17, 15) is 4.79 Å². The average molecular weight is 366 g/mol. The van der Waals surface area contributed by atoms with E-state index < -0.39 is 0 Å². The summed E-state index contributed by atoms with van der Waals surface area (Å²) in [4.78, 5) is 17.7. The monoisotopic (exact) mass is 365 g/mol. The number of nitrogens with one attached hydrogen (secondary N) is 2. The minimum atomic E-state index is 0.159. The molecule has 0 bridgehead atoms. The van der Waals surface area contributed by atoms with E-state index in [1.165, 1.54) is 64.2 Å². The molecule has 2 aliphatic carbocycles. The molecule has 1 heterocycles. The third-order valence-electron chi connectivity index (χ3n) is 6.58. The Kier molecular flexibility index (Phi) is 5.90. The van der Waals surface area contributed by atoms with Gasteiger partial charge in [-0.2, -0.15) is 0 Å². The van der Waals surface area contributed by atoms with Crippen molar-refractivity contribution in [3.63, 3.8) is 0 Å². The first-order valence-electron chi connectivity index (χ1n) is 10.7. The van der Waals surface area contributed by atoms with Gasteiger partial charge in [-0.25, -0.2) is 0 Å². The quantitative estimate of drug-likeness (QED) is 0.692. The van der Waals surface area contributed by atoms with Gasteiger partial charge in [0.05, 0.1) is 11.2 Å². The third-order valence-corrected chi connectivity index (χ3v) is 6.58. The molecule has 0 saturated heterocycles. The highest BCUT2D eigenvalue weighted by molar-refractivity contribution is 5.92. The van der Waals surface area contributed by atoms with Crippen molar-refractivity contribution in [3.05, 3.63) is 36.5 Å². The number of aromatic nitrogens is 1. The molecule has 0 spiro atoms. The van der Waals surface area contributed by atoms with Crippen LogP contribution in [0.2, 0.25) is 0 Å². The minimum absolute atomic E-state index is 0.159. The Bertz CT molecular complexity index is 740. The molecule has 144 valence electrons. The van der Waals surface area contributed by atoms with Gasteiger partial charge in [0.1, 0.15) is 0 Å². The van der Waals surface area contributed by atoms with Gasteiger partial charge in [-0.05, 0) is 61.8 Å². The van der Waals surface area contributed by atoms with Crippen molar-refractivity contribution < 1.29 is 4.79 Å². The van der Waals surface area contributed by atoms with Crippen LogP contribution in [0.25, 0.3) is 10.9 Å². The maximum absolute atomic E-state index is 13.3. The molecule has 4 heteroatoms. The van der Waals surface area contributed by atoms with Crippen molar-refractivity contribution in [2.24, 2.45) is 17.8 Å². The van der Waals surface area contributed by atoms with Crippen molar-refractivity contribution in [3.8, 4) is 0 Å². The Morgan fingerprint density at radius 3 is 2.22 bits per heavy atom. The topological polar surface area (TPSA) is 54.0 Å². The number of carbonyl (C=O) groups excluding carboxylic acids is 1. The maximum atomic E-state index is 13.3. The van der Waals surface area contributed by atoms with Crippen molar-refractivity contribution in [1.82, 2.24) is 10.4 Å². The summed E-state index contributed by atoms with van der Waals surface area (Å²) in [5.41, 5.74) is 8.13. The van der Waals surface area contributed by atoms with Crippen LogP contribution in [-0.4, -0.2) is 10.9 Å². The van der Waals surface area contributed by atoms with Gasteiger partial charge >= 0.3 is 0 Å². The van der Waals surface area contributed by atoms with Crippen molar-refractivity contribution in [2.45, 2.75) is 64.2 Å². The van der Waals surface area contributed by atoms with E-state index in [1.807, 2.05) is 30.3 Å². The van der Waals surface area contributed by atoms with Gasteiger partial charge in [0.15, 0.2) is 0 Å².